The van der Waals surface area contributed by atoms with E-state index in [4.69, 9.17) is 8.83 Å². The van der Waals surface area contributed by atoms with Crippen LogP contribution in [-0.4, -0.2) is 20.9 Å². The average Bonchev–Trinajstić information content (AvgIpc) is 3.25. The van der Waals surface area contributed by atoms with E-state index < -0.39 is 0 Å². The van der Waals surface area contributed by atoms with Crippen molar-refractivity contribution in [3.63, 3.8) is 0 Å². The van der Waals surface area contributed by atoms with Gasteiger partial charge in [0.2, 0.25) is 5.89 Å². The summed E-state index contributed by atoms with van der Waals surface area (Å²) >= 11 is 1.56. The molecule has 2 heterocycles. The first-order valence-electron chi connectivity index (χ1n) is 8.16. The molecule has 2 aromatic heterocycles. The Hall–Kier alpha value is -2.60. The van der Waals surface area contributed by atoms with E-state index in [2.05, 4.69) is 15.2 Å². The molecule has 0 radical (unpaired) electrons. The summed E-state index contributed by atoms with van der Waals surface area (Å²) in [5.74, 6) is 2.21. The van der Waals surface area contributed by atoms with E-state index in [1.54, 1.807) is 11.8 Å². The van der Waals surface area contributed by atoms with Gasteiger partial charge in [0.1, 0.15) is 5.52 Å². The van der Waals surface area contributed by atoms with Gasteiger partial charge in [-0.25, -0.2) is 4.98 Å². The Balaban J connectivity index is 1.32. The summed E-state index contributed by atoms with van der Waals surface area (Å²) in [6, 6.07) is 15.8. The highest BCUT2D eigenvalue weighted by Crippen LogP contribution is 2.26. The smallest absolute Gasteiger partial charge is 0.276 e. The topological polar surface area (TPSA) is 65.0 Å². The molecule has 0 spiro atoms. The molecule has 0 fully saturated rings. The molecule has 0 atom stereocenters. The molecule has 6 heteroatoms. The van der Waals surface area contributed by atoms with Gasteiger partial charge in [-0.1, -0.05) is 42.1 Å². The minimum absolute atomic E-state index is 0.569. The number of thioether (sulfide) groups is 1. The van der Waals surface area contributed by atoms with Crippen molar-refractivity contribution in [3.8, 4) is 11.5 Å². The number of aromatic nitrogens is 3. The molecule has 0 aliphatic carbocycles. The molecule has 0 aliphatic rings. The maximum atomic E-state index is 5.75. The molecule has 0 amide bonds. The highest BCUT2D eigenvalue weighted by molar-refractivity contribution is 7.99. The summed E-state index contributed by atoms with van der Waals surface area (Å²) in [6.07, 6.45) is 1.72. The molecule has 4 aromatic rings. The number of benzene rings is 2. The maximum Gasteiger partial charge on any atom is 0.276 e. The summed E-state index contributed by atoms with van der Waals surface area (Å²) in [5.41, 5.74) is 3.85. The Kier molecular flexibility index (Phi) is 4.52. The van der Waals surface area contributed by atoms with Gasteiger partial charge in [-0.3, -0.25) is 0 Å². The van der Waals surface area contributed by atoms with Crippen LogP contribution >= 0.6 is 11.8 Å². The standard InChI is InChI=1S/C19H17N3O2S/c1-13-7-2-3-8-14(13)18-21-22-19(24-18)25-12-6-11-17-20-15-9-4-5-10-16(15)23-17/h2-5,7-10H,6,11-12H2,1H3. The minimum Gasteiger partial charge on any atom is -0.441 e. The van der Waals surface area contributed by atoms with Gasteiger partial charge in [0.25, 0.3) is 5.22 Å². The number of rotatable bonds is 6. The quantitative estimate of drug-likeness (QED) is 0.363. The lowest BCUT2D eigenvalue weighted by molar-refractivity contribution is 0.465. The lowest BCUT2D eigenvalue weighted by atomic mass is 10.1. The molecule has 0 bridgehead atoms. The van der Waals surface area contributed by atoms with Gasteiger partial charge in [0, 0.05) is 17.7 Å². The van der Waals surface area contributed by atoms with Crippen LogP contribution in [0.1, 0.15) is 17.9 Å². The molecular weight excluding hydrogens is 334 g/mol. The summed E-state index contributed by atoms with van der Waals surface area (Å²) in [4.78, 5) is 4.48. The van der Waals surface area contributed by atoms with Gasteiger partial charge >= 0.3 is 0 Å². The Labute approximate surface area is 149 Å². The largest absolute Gasteiger partial charge is 0.441 e. The average molecular weight is 351 g/mol. The number of oxazole rings is 1. The van der Waals surface area contributed by atoms with E-state index in [1.807, 2.05) is 55.5 Å². The van der Waals surface area contributed by atoms with Gasteiger partial charge < -0.3 is 8.83 Å². The molecule has 0 unspecified atom stereocenters. The van der Waals surface area contributed by atoms with Crippen molar-refractivity contribution < 1.29 is 8.83 Å². The van der Waals surface area contributed by atoms with Crippen molar-refractivity contribution in [2.75, 3.05) is 5.75 Å². The van der Waals surface area contributed by atoms with Crippen LogP contribution in [0.5, 0.6) is 0 Å². The fraction of sp³-hybridized carbons (Fsp3) is 0.211. The van der Waals surface area contributed by atoms with E-state index >= 15 is 0 Å². The Morgan fingerprint density at radius 2 is 1.80 bits per heavy atom. The molecule has 0 aliphatic heterocycles. The Bertz CT molecular complexity index is 960. The summed E-state index contributed by atoms with van der Waals surface area (Å²) < 4.78 is 11.5. The summed E-state index contributed by atoms with van der Waals surface area (Å²) in [7, 11) is 0. The predicted octanol–water partition coefficient (Wildman–Crippen LogP) is 4.91. The van der Waals surface area contributed by atoms with Crippen molar-refractivity contribution in [1.82, 2.24) is 15.2 Å². The molecule has 2 aromatic carbocycles. The van der Waals surface area contributed by atoms with Gasteiger partial charge in [0.05, 0.1) is 0 Å². The number of fused-ring (bicyclic) bond motifs is 1. The van der Waals surface area contributed by atoms with Crippen molar-refractivity contribution in [1.29, 1.82) is 0 Å². The minimum atomic E-state index is 0.569. The molecular formula is C19H17N3O2S. The SMILES string of the molecule is Cc1ccccc1-c1nnc(SCCCc2nc3ccccc3o2)o1. The zero-order valence-corrected chi connectivity index (χ0v) is 14.6. The fourth-order valence-electron chi connectivity index (χ4n) is 2.60. The molecule has 5 nitrogen and oxygen atoms in total. The van der Waals surface area contributed by atoms with Crippen LogP contribution in [0.3, 0.4) is 0 Å². The summed E-state index contributed by atoms with van der Waals surface area (Å²) in [6.45, 7) is 2.03. The highest BCUT2D eigenvalue weighted by atomic mass is 32.2. The molecule has 4 rings (SSSR count). The van der Waals surface area contributed by atoms with E-state index in [0.29, 0.717) is 11.1 Å². The zero-order valence-electron chi connectivity index (χ0n) is 13.8. The van der Waals surface area contributed by atoms with Crippen molar-refractivity contribution in [2.24, 2.45) is 0 Å². The molecule has 0 saturated carbocycles. The van der Waals surface area contributed by atoms with Gasteiger partial charge in [0.15, 0.2) is 11.5 Å². The number of para-hydroxylation sites is 2. The van der Waals surface area contributed by atoms with E-state index in [0.717, 1.165) is 46.7 Å². The second-order valence-electron chi connectivity index (χ2n) is 5.72. The molecule has 126 valence electrons. The third-order valence-electron chi connectivity index (χ3n) is 3.88. The first-order chi connectivity index (χ1) is 12.3. The van der Waals surface area contributed by atoms with Crippen LogP contribution < -0.4 is 0 Å². The van der Waals surface area contributed by atoms with Crippen LogP contribution in [-0.2, 0) is 6.42 Å². The molecule has 25 heavy (non-hydrogen) atoms. The monoisotopic (exact) mass is 351 g/mol. The van der Waals surface area contributed by atoms with E-state index in [-0.39, 0.29) is 0 Å². The Morgan fingerprint density at radius 1 is 0.960 bits per heavy atom. The normalized spacial score (nSPS) is 11.2. The second-order valence-corrected chi connectivity index (χ2v) is 6.76. The lowest BCUT2D eigenvalue weighted by Crippen LogP contribution is -1.87. The fourth-order valence-corrected chi connectivity index (χ4v) is 3.30. The number of hydrogen-bond donors (Lipinski definition) is 0. The first-order valence-corrected chi connectivity index (χ1v) is 9.15. The molecule has 0 saturated heterocycles. The summed E-state index contributed by atoms with van der Waals surface area (Å²) in [5, 5.41) is 8.86. The lowest BCUT2D eigenvalue weighted by Gasteiger charge is -1.98. The first kappa shape index (κ1) is 15.9. The third-order valence-corrected chi connectivity index (χ3v) is 4.79. The van der Waals surface area contributed by atoms with Crippen LogP contribution in [0.25, 0.3) is 22.6 Å². The number of hydrogen-bond acceptors (Lipinski definition) is 6. The van der Waals surface area contributed by atoms with Gasteiger partial charge in [-0.2, -0.15) is 0 Å². The van der Waals surface area contributed by atoms with Crippen LogP contribution in [0, 0.1) is 6.92 Å². The second kappa shape index (κ2) is 7.11. The van der Waals surface area contributed by atoms with Gasteiger partial charge in [-0.15, -0.1) is 10.2 Å². The Morgan fingerprint density at radius 3 is 2.68 bits per heavy atom. The van der Waals surface area contributed by atoms with Crippen LogP contribution in [0.2, 0.25) is 0 Å². The van der Waals surface area contributed by atoms with Crippen LogP contribution in [0.4, 0.5) is 0 Å². The van der Waals surface area contributed by atoms with Crippen molar-refractivity contribution >= 4 is 22.9 Å². The highest BCUT2D eigenvalue weighted by Gasteiger charge is 2.11. The maximum absolute atomic E-state index is 5.75. The van der Waals surface area contributed by atoms with Crippen molar-refractivity contribution in [3.05, 3.63) is 60.0 Å². The number of nitrogens with zero attached hydrogens (tertiary/aromatic N) is 3. The van der Waals surface area contributed by atoms with Crippen LogP contribution in [0.15, 0.2) is 62.6 Å². The van der Waals surface area contributed by atoms with E-state index in [9.17, 15) is 0 Å². The third kappa shape index (κ3) is 3.58. The molecule has 0 N–H and O–H groups in total. The predicted molar refractivity (Wildman–Crippen MR) is 97.5 cm³/mol. The van der Waals surface area contributed by atoms with Gasteiger partial charge in [-0.05, 0) is 37.1 Å². The van der Waals surface area contributed by atoms with Crippen molar-refractivity contribution in [2.45, 2.75) is 25.0 Å². The number of aryl methyl sites for hydroxylation is 2. The zero-order chi connectivity index (χ0) is 17.1. The van der Waals surface area contributed by atoms with E-state index in [1.165, 1.54) is 0 Å².